The normalized spacial score (nSPS) is 10.8. The van der Waals surface area contributed by atoms with Gasteiger partial charge in [-0.1, -0.05) is 13.8 Å². The number of carbonyl (C=O) groups is 2. The molecule has 0 saturated carbocycles. The van der Waals surface area contributed by atoms with Crippen molar-refractivity contribution in [1.82, 2.24) is 4.90 Å². The summed E-state index contributed by atoms with van der Waals surface area (Å²) in [5.41, 5.74) is 0. The summed E-state index contributed by atoms with van der Waals surface area (Å²) in [6.07, 6.45) is 1.97. The third-order valence-corrected chi connectivity index (χ3v) is 3.10. The molecule has 0 radical (unpaired) electrons. The van der Waals surface area contributed by atoms with Gasteiger partial charge in [0.2, 0.25) is 5.91 Å². The van der Waals surface area contributed by atoms with E-state index >= 15 is 0 Å². The molecule has 0 aromatic carbocycles. The number of amides is 1. The first-order valence-corrected chi connectivity index (χ1v) is 6.93. The van der Waals surface area contributed by atoms with E-state index < -0.39 is 0 Å². The third-order valence-electron chi connectivity index (χ3n) is 3.10. The maximum absolute atomic E-state index is 12.3. The molecular formula is C14H27NO3. The van der Waals surface area contributed by atoms with Gasteiger partial charge in [0, 0.05) is 18.5 Å². The highest BCUT2D eigenvalue weighted by molar-refractivity contribution is 5.79. The molecule has 0 aliphatic carbocycles. The SMILES string of the molecule is CCOC(=O)CCN(C(=O)C(CC)CC)C(C)C. The molecule has 0 unspecified atom stereocenters. The van der Waals surface area contributed by atoms with Crippen LogP contribution < -0.4 is 0 Å². The predicted molar refractivity (Wildman–Crippen MR) is 72.2 cm³/mol. The molecule has 4 heteroatoms. The van der Waals surface area contributed by atoms with Gasteiger partial charge >= 0.3 is 5.97 Å². The Morgan fingerprint density at radius 2 is 1.67 bits per heavy atom. The van der Waals surface area contributed by atoms with E-state index in [0.717, 1.165) is 12.8 Å². The third kappa shape index (κ3) is 5.52. The molecule has 1 amide bonds. The van der Waals surface area contributed by atoms with Crippen molar-refractivity contribution in [2.24, 2.45) is 5.92 Å². The average molecular weight is 257 g/mol. The maximum atomic E-state index is 12.3. The Morgan fingerprint density at radius 3 is 2.06 bits per heavy atom. The Balaban J connectivity index is 4.47. The van der Waals surface area contributed by atoms with Crippen molar-refractivity contribution in [1.29, 1.82) is 0 Å². The maximum Gasteiger partial charge on any atom is 0.307 e. The van der Waals surface area contributed by atoms with E-state index in [9.17, 15) is 9.59 Å². The number of rotatable bonds is 8. The van der Waals surface area contributed by atoms with E-state index in [4.69, 9.17) is 4.74 Å². The Morgan fingerprint density at radius 1 is 1.11 bits per heavy atom. The molecule has 0 aromatic rings. The second kappa shape index (κ2) is 8.95. The molecule has 0 aromatic heterocycles. The Hall–Kier alpha value is -1.06. The van der Waals surface area contributed by atoms with Gasteiger partial charge in [-0.2, -0.15) is 0 Å². The van der Waals surface area contributed by atoms with Crippen LogP contribution in [0.4, 0.5) is 0 Å². The van der Waals surface area contributed by atoms with Gasteiger partial charge in [-0.25, -0.2) is 0 Å². The van der Waals surface area contributed by atoms with Crippen molar-refractivity contribution in [3.63, 3.8) is 0 Å². The molecule has 18 heavy (non-hydrogen) atoms. The minimum Gasteiger partial charge on any atom is -0.466 e. The molecule has 0 spiro atoms. The lowest BCUT2D eigenvalue weighted by molar-refractivity contribution is -0.145. The molecule has 0 fully saturated rings. The van der Waals surface area contributed by atoms with Crippen molar-refractivity contribution in [3.05, 3.63) is 0 Å². The first kappa shape index (κ1) is 16.9. The number of carbonyl (C=O) groups excluding carboxylic acids is 2. The highest BCUT2D eigenvalue weighted by Gasteiger charge is 2.24. The first-order chi connectivity index (χ1) is 8.47. The number of hydrogen-bond acceptors (Lipinski definition) is 3. The van der Waals surface area contributed by atoms with Crippen LogP contribution in [-0.2, 0) is 14.3 Å². The number of hydrogen-bond donors (Lipinski definition) is 0. The van der Waals surface area contributed by atoms with E-state index in [2.05, 4.69) is 0 Å². The van der Waals surface area contributed by atoms with Crippen molar-refractivity contribution >= 4 is 11.9 Å². The van der Waals surface area contributed by atoms with E-state index in [1.807, 2.05) is 27.7 Å². The molecule has 0 rings (SSSR count). The minimum atomic E-state index is -0.236. The molecular weight excluding hydrogens is 230 g/mol. The van der Waals surface area contributed by atoms with Gasteiger partial charge in [0.1, 0.15) is 0 Å². The first-order valence-electron chi connectivity index (χ1n) is 6.93. The zero-order chi connectivity index (χ0) is 14.1. The molecule has 0 atom stereocenters. The fourth-order valence-corrected chi connectivity index (χ4v) is 1.94. The summed E-state index contributed by atoms with van der Waals surface area (Å²) < 4.78 is 4.89. The summed E-state index contributed by atoms with van der Waals surface area (Å²) in [7, 11) is 0. The van der Waals surface area contributed by atoms with Gasteiger partial charge in [-0.15, -0.1) is 0 Å². The van der Waals surface area contributed by atoms with E-state index in [1.54, 1.807) is 11.8 Å². The standard InChI is InChI=1S/C14H27NO3/c1-6-12(7-2)14(17)15(11(4)5)10-9-13(16)18-8-3/h11-12H,6-10H2,1-5H3. The van der Waals surface area contributed by atoms with E-state index in [1.165, 1.54) is 0 Å². The summed E-state index contributed by atoms with van der Waals surface area (Å²) in [4.78, 5) is 25.4. The van der Waals surface area contributed by atoms with Crippen LogP contribution in [0.1, 0.15) is 53.9 Å². The van der Waals surface area contributed by atoms with Gasteiger partial charge in [-0.3, -0.25) is 9.59 Å². The Labute approximate surface area is 111 Å². The van der Waals surface area contributed by atoms with Crippen molar-refractivity contribution in [3.8, 4) is 0 Å². The summed E-state index contributed by atoms with van der Waals surface area (Å²) in [5.74, 6) is -0.0191. The Bertz CT molecular complexity index is 260. The van der Waals surface area contributed by atoms with Crippen molar-refractivity contribution < 1.29 is 14.3 Å². The predicted octanol–water partition coefficient (Wildman–Crippen LogP) is 2.61. The molecule has 106 valence electrons. The number of esters is 1. The van der Waals surface area contributed by atoms with Crippen LogP contribution in [0.15, 0.2) is 0 Å². The Kier molecular flexibility index (Phi) is 8.42. The largest absolute Gasteiger partial charge is 0.466 e. The number of nitrogens with zero attached hydrogens (tertiary/aromatic N) is 1. The lowest BCUT2D eigenvalue weighted by atomic mass is 10.0. The molecule has 0 heterocycles. The second-order valence-electron chi connectivity index (χ2n) is 4.69. The van der Waals surface area contributed by atoms with Gasteiger partial charge in [0.25, 0.3) is 0 Å². The summed E-state index contributed by atoms with van der Waals surface area (Å²) in [6.45, 7) is 10.6. The van der Waals surface area contributed by atoms with Crippen molar-refractivity contribution in [2.75, 3.05) is 13.2 Å². The van der Waals surface area contributed by atoms with Crippen LogP contribution in [0.2, 0.25) is 0 Å². The fraction of sp³-hybridized carbons (Fsp3) is 0.857. The summed E-state index contributed by atoms with van der Waals surface area (Å²) in [5, 5.41) is 0. The fourth-order valence-electron chi connectivity index (χ4n) is 1.94. The van der Waals surface area contributed by atoms with Gasteiger partial charge in [0.15, 0.2) is 0 Å². The molecule has 0 bridgehead atoms. The van der Waals surface area contributed by atoms with Gasteiger partial charge < -0.3 is 9.64 Å². The topological polar surface area (TPSA) is 46.6 Å². The molecule has 0 N–H and O–H groups in total. The second-order valence-corrected chi connectivity index (χ2v) is 4.69. The zero-order valence-electron chi connectivity index (χ0n) is 12.4. The average Bonchev–Trinajstić information content (AvgIpc) is 2.30. The molecule has 0 aliphatic heterocycles. The quantitative estimate of drug-likeness (QED) is 0.628. The van der Waals surface area contributed by atoms with E-state index in [0.29, 0.717) is 13.2 Å². The van der Waals surface area contributed by atoms with Crippen LogP contribution >= 0.6 is 0 Å². The van der Waals surface area contributed by atoms with Crippen LogP contribution in [0, 0.1) is 5.92 Å². The highest BCUT2D eigenvalue weighted by atomic mass is 16.5. The van der Waals surface area contributed by atoms with Gasteiger partial charge in [0.05, 0.1) is 13.0 Å². The molecule has 0 aliphatic rings. The summed E-state index contributed by atoms with van der Waals surface area (Å²) in [6, 6.07) is 0.118. The smallest absolute Gasteiger partial charge is 0.307 e. The zero-order valence-corrected chi connectivity index (χ0v) is 12.4. The van der Waals surface area contributed by atoms with Crippen LogP contribution in [-0.4, -0.2) is 36.0 Å². The summed E-state index contributed by atoms with van der Waals surface area (Å²) >= 11 is 0. The van der Waals surface area contributed by atoms with Crippen LogP contribution in [0.5, 0.6) is 0 Å². The molecule has 4 nitrogen and oxygen atoms in total. The monoisotopic (exact) mass is 257 g/mol. The minimum absolute atomic E-state index is 0.0644. The van der Waals surface area contributed by atoms with Crippen LogP contribution in [0.3, 0.4) is 0 Å². The van der Waals surface area contributed by atoms with Crippen molar-refractivity contribution in [2.45, 2.75) is 59.9 Å². The highest BCUT2D eigenvalue weighted by Crippen LogP contribution is 2.14. The van der Waals surface area contributed by atoms with Crippen LogP contribution in [0.25, 0.3) is 0 Å². The van der Waals surface area contributed by atoms with E-state index in [-0.39, 0.29) is 30.3 Å². The molecule has 0 saturated heterocycles. The lowest BCUT2D eigenvalue weighted by Gasteiger charge is -2.29. The van der Waals surface area contributed by atoms with Gasteiger partial charge in [-0.05, 0) is 33.6 Å². The number of ether oxygens (including phenoxy) is 1. The lowest BCUT2D eigenvalue weighted by Crippen LogP contribution is -2.42.